The highest BCUT2D eigenvalue weighted by molar-refractivity contribution is 5.33. The van der Waals surface area contributed by atoms with Crippen LogP contribution in [0.1, 0.15) is 47.3 Å². The van der Waals surface area contributed by atoms with Crippen molar-refractivity contribution in [2.75, 3.05) is 6.54 Å². The summed E-state index contributed by atoms with van der Waals surface area (Å²) >= 11 is 0. The first-order valence-electron chi connectivity index (χ1n) is 9.78. The average Bonchev–Trinajstić information content (AvgIpc) is 3.05. The molecule has 1 aliphatic heterocycles. The maximum Gasteiger partial charge on any atom is 0.0759 e. The Morgan fingerprint density at radius 2 is 1.73 bits per heavy atom. The van der Waals surface area contributed by atoms with Gasteiger partial charge < -0.3 is 4.57 Å². The summed E-state index contributed by atoms with van der Waals surface area (Å²) in [6.07, 6.45) is 4.52. The molecule has 4 rings (SSSR count). The molecule has 0 N–H and O–H groups in total. The predicted molar refractivity (Wildman–Crippen MR) is 108 cm³/mol. The molecule has 26 heavy (non-hydrogen) atoms. The van der Waals surface area contributed by atoms with Crippen LogP contribution in [-0.4, -0.2) is 16.0 Å². The van der Waals surface area contributed by atoms with Gasteiger partial charge in [-0.05, 0) is 54.2 Å². The van der Waals surface area contributed by atoms with Gasteiger partial charge in [0.05, 0.1) is 6.04 Å². The Morgan fingerprint density at radius 1 is 0.923 bits per heavy atom. The van der Waals surface area contributed by atoms with E-state index in [0.717, 1.165) is 26.1 Å². The van der Waals surface area contributed by atoms with Gasteiger partial charge in [0, 0.05) is 31.5 Å². The third-order valence-corrected chi connectivity index (χ3v) is 5.69. The summed E-state index contributed by atoms with van der Waals surface area (Å²) in [4.78, 5) is 2.65. The van der Waals surface area contributed by atoms with E-state index in [-0.39, 0.29) is 0 Å². The zero-order chi connectivity index (χ0) is 17.9. The van der Waals surface area contributed by atoms with Crippen molar-refractivity contribution >= 4 is 0 Å². The molecule has 1 atom stereocenters. The van der Waals surface area contributed by atoms with E-state index < -0.39 is 0 Å². The summed E-state index contributed by atoms with van der Waals surface area (Å²) in [6.45, 7) is 7.67. The van der Waals surface area contributed by atoms with Crippen LogP contribution in [0.3, 0.4) is 0 Å². The second kappa shape index (κ2) is 7.51. The summed E-state index contributed by atoms with van der Waals surface area (Å²) in [5.74, 6) is 0. The number of hydrogen-bond acceptors (Lipinski definition) is 1. The monoisotopic (exact) mass is 344 g/mol. The Kier molecular flexibility index (Phi) is 4.94. The van der Waals surface area contributed by atoms with Crippen LogP contribution < -0.4 is 0 Å². The minimum absolute atomic E-state index is 0.318. The summed E-state index contributed by atoms with van der Waals surface area (Å²) in [6, 6.07) is 22.8. The second-order valence-corrected chi connectivity index (χ2v) is 7.37. The van der Waals surface area contributed by atoms with Crippen LogP contribution in [0.2, 0.25) is 0 Å². The Hall–Kier alpha value is -2.32. The highest BCUT2D eigenvalue weighted by Gasteiger charge is 2.27. The standard InChI is InChI=1S/C24H28N2/c1-3-20-11-13-21(14-12-20)24-23-10-6-15-25(23)16-7-17-26(24)18-22-9-5-4-8-19(22)2/h4-6,8-15,24H,3,7,16-18H2,1-2H3/t24-/m1/s1. The molecular weight excluding hydrogens is 316 g/mol. The molecule has 0 saturated carbocycles. The smallest absolute Gasteiger partial charge is 0.0759 e. The molecular formula is C24H28N2. The lowest BCUT2D eigenvalue weighted by molar-refractivity contribution is 0.220. The van der Waals surface area contributed by atoms with E-state index in [2.05, 4.69) is 90.2 Å². The molecule has 0 fully saturated rings. The van der Waals surface area contributed by atoms with Crippen LogP contribution in [0.4, 0.5) is 0 Å². The minimum Gasteiger partial charge on any atom is -0.350 e. The first-order chi connectivity index (χ1) is 12.8. The molecule has 0 amide bonds. The number of aromatic nitrogens is 1. The van der Waals surface area contributed by atoms with E-state index in [1.807, 2.05) is 0 Å². The quantitative estimate of drug-likeness (QED) is 0.619. The zero-order valence-corrected chi connectivity index (χ0v) is 15.9. The molecule has 0 bridgehead atoms. The van der Waals surface area contributed by atoms with Crippen LogP contribution in [-0.2, 0) is 19.5 Å². The van der Waals surface area contributed by atoms with Gasteiger partial charge in [0.15, 0.2) is 0 Å². The van der Waals surface area contributed by atoms with Gasteiger partial charge in [0.2, 0.25) is 0 Å². The normalized spacial score (nSPS) is 17.7. The molecule has 0 radical (unpaired) electrons. The van der Waals surface area contributed by atoms with Gasteiger partial charge >= 0.3 is 0 Å². The summed E-state index contributed by atoms with van der Waals surface area (Å²) in [5, 5.41) is 0. The van der Waals surface area contributed by atoms with Crippen LogP contribution in [0.25, 0.3) is 0 Å². The zero-order valence-electron chi connectivity index (χ0n) is 15.9. The number of fused-ring (bicyclic) bond motifs is 1. The first-order valence-corrected chi connectivity index (χ1v) is 9.78. The molecule has 0 aliphatic carbocycles. The van der Waals surface area contributed by atoms with Crippen molar-refractivity contribution in [3.05, 3.63) is 94.8 Å². The van der Waals surface area contributed by atoms with Gasteiger partial charge in [-0.2, -0.15) is 0 Å². The van der Waals surface area contributed by atoms with Crippen molar-refractivity contribution in [3.63, 3.8) is 0 Å². The van der Waals surface area contributed by atoms with Crippen molar-refractivity contribution in [2.45, 2.75) is 45.8 Å². The highest BCUT2D eigenvalue weighted by atomic mass is 15.2. The molecule has 0 spiro atoms. The molecule has 2 aromatic carbocycles. The second-order valence-electron chi connectivity index (χ2n) is 7.37. The fourth-order valence-electron chi connectivity index (χ4n) is 4.13. The lowest BCUT2D eigenvalue weighted by atomic mass is 9.98. The summed E-state index contributed by atoms with van der Waals surface area (Å²) in [7, 11) is 0. The van der Waals surface area contributed by atoms with Gasteiger partial charge in [-0.15, -0.1) is 0 Å². The van der Waals surface area contributed by atoms with E-state index in [4.69, 9.17) is 0 Å². The topological polar surface area (TPSA) is 8.17 Å². The Morgan fingerprint density at radius 3 is 2.50 bits per heavy atom. The molecule has 0 saturated heterocycles. The number of hydrogen-bond donors (Lipinski definition) is 0. The maximum atomic E-state index is 2.65. The lowest BCUT2D eigenvalue weighted by Crippen LogP contribution is -2.29. The largest absolute Gasteiger partial charge is 0.350 e. The molecule has 0 unspecified atom stereocenters. The van der Waals surface area contributed by atoms with Gasteiger partial charge in [0.25, 0.3) is 0 Å². The van der Waals surface area contributed by atoms with Crippen LogP contribution in [0.15, 0.2) is 66.9 Å². The van der Waals surface area contributed by atoms with Gasteiger partial charge in [-0.3, -0.25) is 4.90 Å². The van der Waals surface area contributed by atoms with E-state index in [1.165, 1.54) is 34.4 Å². The first kappa shape index (κ1) is 17.1. The number of rotatable bonds is 4. The van der Waals surface area contributed by atoms with E-state index in [0.29, 0.717) is 6.04 Å². The van der Waals surface area contributed by atoms with E-state index >= 15 is 0 Å². The molecule has 2 heteroatoms. The number of nitrogens with zero attached hydrogens (tertiary/aromatic N) is 2. The third kappa shape index (κ3) is 3.34. The van der Waals surface area contributed by atoms with E-state index in [1.54, 1.807) is 0 Å². The fraction of sp³-hybridized carbons (Fsp3) is 0.333. The highest BCUT2D eigenvalue weighted by Crippen LogP contribution is 2.33. The Labute approximate surface area is 157 Å². The van der Waals surface area contributed by atoms with E-state index in [9.17, 15) is 0 Å². The van der Waals surface area contributed by atoms with Gasteiger partial charge in [-0.25, -0.2) is 0 Å². The predicted octanol–water partition coefficient (Wildman–Crippen LogP) is 5.35. The Balaban J connectivity index is 1.74. The van der Waals surface area contributed by atoms with Crippen molar-refractivity contribution < 1.29 is 0 Å². The maximum absolute atomic E-state index is 2.65. The molecule has 1 aliphatic rings. The Bertz CT molecular complexity index is 860. The van der Waals surface area contributed by atoms with Crippen LogP contribution in [0.5, 0.6) is 0 Å². The summed E-state index contributed by atoms with van der Waals surface area (Å²) in [5.41, 5.74) is 7.04. The molecule has 3 aromatic rings. The molecule has 2 nitrogen and oxygen atoms in total. The molecule has 2 heterocycles. The lowest BCUT2D eigenvalue weighted by Gasteiger charge is -2.31. The number of benzene rings is 2. The molecule has 1 aromatic heterocycles. The average molecular weight is 345 g/mol. The third-order valence-electron chi connectivity index (χ3n) is 5.69. The minimum atomic E-state index is 0.318. The van der Waals surface area contributed by atoms with Crippen molar-refractivity contribution in [1.82, 2.24) is 9.47 Å². The van der Waals surface area contributed by atoms with Crippen molar-refractivity contribution in [1.29, 1.82) is 0 Å². The number of aryl methyl sites for hydroxylation is 3. The van der Waals surface area contributed by atoms with Crippen LogP contribution in [0, 0.1) is 6.92 Å². The van der Waals surface area contributed by atoms with Crippen molar-refractivity contribution in [3.8, 4) is 0 Å². The van der Waals surface area contributed by atoms with Gasteiger partial charge in [-0.1, -0.05) is 55.5 Å². The summed E-state index contributed by atoms with van der Waals surface area (Å²) < 4.78 is 2.44. The molecule has 134 valence electrons. The van der Waals surface area contributed by atoms with Gasteiger partial charge in [0.1, 0.15) is 0 Å². The SMILES string of the molecule is CCc1ccc([C@@H]2c3cccn3CCCN2Cc2ccccc2C)cc1. The van der Waals surface area contributed by atoms with Crippen LogP contribution >= 0.6 is 0 Å². The fourth-order valence-corrected chi connectivity index (χ4v) is 4.13. The van der Waals surface area contributed by atoms with Crippen molar-refractivity contribution in [2.24, 2.45) is 0 Å².